The highest BCUT2D eigenvalue weighted by Crippen LogP contribution is 2.16. The first-order valence-corrected chi connectivity index (χ1v) is 6.12. The molecule has 0 spiro atoms. The number of furan rings is 1. The number of ketones is 1. The first-order valence-electron chi connectivity index (χ1n) is 6.12. The Morgan fingerprint density at radius 2 is 2.00 bits per heavy atom. The molecule has 3 nitrogen and oxygen atoms in total. The maximum atomic E-state index is 11.9. The molecule has 0 aliphatic carbocycles. The van der Waals surface area contributed by atoms with E-state index in [1.807, 2.05) is 12.1 Å². The second-order valence-corrected chi connectivity index (χ2v) is 4.03. The van der Waals surface area contributed by atoms with Crippen molar-refractivity contribution in [3.05, 3.63) is 54.0 Å². The van der Waals surface area contributed by atoms with Crippen LogP contribution in [0.25, 0.3) is 0 Å². The van der Waals surface area contributed by atoms with Crippen LogP contribution in [0.5, 0.6) is 5.75 Å². The zero-order valence-electron chi connectivity index (χ0n) is 10.4. The first kappa shape index (κ1) is 12.4. The van der Waals surface area contributed by atoms with E-state index in [2.05, 4.69) is 6.92 Å². The van der Waals surface area contributed by atoms with Crippen molar-refractivity contribution in [3.8, 4) is 5.75 Å². The molecule has 0 aliphatic rings. The quantitative estimate of drug-likeness (QED) is 0.574. The van der Waals surface area contributed by atoms with Crippen LogP contribution in [0.15, 0.2) is 47.1 Å². The summed E-state index contributed by atoms with van der Waals surface area (Å²) in [6, 6.07) is 10.5. The standard InChI is InChI=1S/C15H16O3/c1-2-3-10-17-13-8-6-12(7-9-13)15(16)14-5-4-11-18-14/h4-9,11H,2-3,10H2,1H3. The Kier molecular flexibility index (Phi) is 4.18. The highest BCUT2D eigenvalue weighted by molar-refractivity contribution is 6.07. The molecule has 0 radical (unpaired) electrons. The van der Waals surface area contributed by atoms with Gasteiger partial charge in [-0.25, -0.2) is 0 Å². The molecule has 0 saturated carbocycles. The van der Waals surface area contributed by atoms with Crippen LogP contribution in [-0.4, -0.2) is 12.4 Å². The van der Waals surface area contributed by atoms with Crippen LogP contribution in [0.2, 0.25) is 0 Å². The monoisotopic (exact) mass is 244 g/mol. The van der Waals surface area contributed by atoms with Gasteiger partial charge in [-0.3, -0.25) is 4.79 Å². The SMILES string of the molecule is CCCCOc1ccc(C(=O)c2ccco2)cc1. The molecule has 0 unspecified atom stereocenters. The highest BCUT2D eigenvalue weighted by Gasteiger charge is 2.11. The molecule has 0 saturated heterocycles. The lowest BCUT2D eigenvalue weighted by molar-refractivity contribution is 0.101. The number of unbranched alkanes of at least 4 members (excludes halogenated alkanes) is 1. The number of benzene rings is 1. The van der Waals surface area contributed by atoms with Crippen molar-refractivity contribution in [2.24, 2.45) is 0 Å². The zero-order valence-corrected chi connectivity index (χ0v) is 10.4. The van der Waals surface area contributed by atoms with Crippen LogP contribution in [0.4, 0.5) is 0 Å². The van der Waals surface area contributed by atoms with Crippen molar-refractivity contribution in [3.63, 3.8) is 0 Å². The molecule has 1 heterocycles. The minimum atomic E-state index is -0.111. The lowest BCUT2D eigenvalue weighted by Crippen LogP contribution is -2.00. The smallest absolute Gasteiger partial charge is 0.228 e. The molecule has 0 aliphatic heterocycles. The number of carbonyl (C=O) groups is 1. The van der Waals surface area contributed by atoms with Crippen LogP contribution in [0, 0.1) is 0 Å². The largest absolute Gasteiger partial charge is 0.494 e. The second kappa shape index (κ2) is 6.05. The summed E-state index contributed by atoms with van der Waals surface area (Å²) in [6.45, 7) is 2.83. The normalized spacial score (nSPS) is 10.3. The molecule has 0 N–H and O–H groups in total. The summed E-state index contributed by atoms with van der Waals surface area (Å²) in [5.41, 5.74) is 0.604. The summed E-state index contributed by atoms with van der Waals surface area (Å²) < 4.78 is 10.6. The molecule has 0 atom stereocenters. The fourth-order valence-corrected chi connectivity index (χ4v) is 1.59. The van der Waals surface area contributed by atoms with E-state index in [0.717, 1.165) is 18.6 Å². The van der Waals surface area contributed by atoms with Gasteiger partial charge in [0.25, 0.3) is 0 Å². The van der Waals surface area contributed by atoms with Gasteiger partial charge in [-0.05, 0) is 42.8 Å². The fourth-order valence-electron chi connectivity index (χ4n) is 1.59. The van der Waals surface area contributed by atoms with E-state index >= 15 is 0 Å². The third-order valence-corrected chi connectivity index (χ3v) is 2.63. The number of carbonyl (C=O) groups excluding carboxylic acids is 1. The summed E-state index contributed by atoms with van der Waals surface area (Å²) in [7, 11) is 0. The molecule has 1 aromatic heterocycles. The van der Waals surface area contributed by atoms with Gasteiger partial charge in [-0.1, -0.05) is 13.3 Å². The van der Waals surface area contributed by atoms with Crippen molar-refractivity contribution in [1.29, 1.82) is 0 Å². The topological polar surface area (TPSA) is 39.4 Å². The van der Waals surface area contributed by atoms with Crippen LogP contribution in [0.3, 0.4) is 0 Å². The van der Waals surface area contributed by atoms with E-state index in [0.29, 0.717) is 17.9 Å². The van der Waals surface area contributed by atoms with Crippen molar-refractivity contribution in [2.75, 3.05) is 6.61 Å². The zero-order chi connectivity index (χ0) is 12.8. The second-order valence-electron chi connectivity index (χ2n) is 4.03. The van der Waals surface area contributed by atoms with Crippen LogP contribution in [-0.2, 0) is 0 Å². The minimum Gasteiger partial charge on any atom is -0.494 e. The predicted molar refractivity (Wildman–Crippen MR) is 69.0 cm³/mol. The third kappa shape index (κ3) is 3.00. The fraction of sp³-hybridized carbons (Fsp3) is 0.267. The predicted octanol–water partition coefficient (Wildman–Crippen LogP) is 3.69. The Labute approximate surface area is 106 Å². The Morgan fingerprint density at radius 1 is 1.22 bits per heavy atom. The van der Waals surface area contributed by atoms with E-state index < -0.39 is 0 Å². The van der Waals surface area contributed by atoms with Gasteiger partial charge in [-0.15, -0.1) is 0 Å². The number of rotatable bonds is 6. The summed E-state index contributed by atoms with van der Waals surface area (Å²) in [5, 5.41) is 0. The highest BCUT2D eigenvalue weighted by atomic mass is 16.5. The van der Waals surface area contributed by atoms with Gasteiger partial charge in [0.15, 0.2) is 5.76 Å². The molecule has 94 valence electrons. The van der Waals surface area contributed by atoms with Crippen molar-refractivity contribution < 1.29 is 13.9 Å². The van der Waals surface area contributed by atoms with Gasteiger partial charge < -0.3 is 9.15 Å². The molecule has 0 bridgehead atoms. The Hall–Kier alpha value is -2.03. The lowest BCUT2D eigenvalue weighted by atomic mass is 10.1. The summed E-state index contributed by atoms with van der Waals surface area (Å²) >= 11 is 0. The van der Waals surface area contributed by atoms with Crippen molar-refractivity contribution in [1.82, 2.24) is 0 Å². The van der Waals surface area contributed by atoms with E-state index in [9.17, 15) is 4.79 Å². The lowest BCUT2D eigenvalue weighted by Gasteiger charge is -2.05. The van der Waals surface area contributed by atoms with Gasteiger partial charge in [-0.2, -0.15) is 0 Å². The van der Waals surface area contributed by atoms with Gasteiger partial charge in [0.1, 0.15) is 5.75 Å². The Bertz CT molecular complexity index is 483. The van der Waals surface area contributed by atoms with Crippen molar-refractivity contribution >= 4 is 5.78 Å². The molecular formula is C15H16O3. The molecule has 18 heavy (non-hydrogen) atoms. The third-order valence-electron chi connectivity index (χ3n) is 2.63. The maximum absolute atomic E-state index is 11.9. The molecule has 3 heteroatoms. The molecule has 1 aromatic carbocycles. The Morgan fingerprint density at radius 3 is 2.61 bits per heavy atom. The Balaban J connectivity index is 2.01. The number of hydrogen-bond acceptors (Lipinski definition) is 3. The molecule has 0 fully saturated rings. The summed E-state index contributed by atoms with van der Waals surface area (Å²) in [6.07, 6.45) is 3.64. The van der Waals surface area contributed by atoms with Crippen molar-refractivity contribution in [2.45, 2.75) is 19.8 Å². The number of ether oxygens (including phenoxy) is 1. The van der Waals surface area contributed by atoms with E-state index in [-0.39, 0.29) is 5.78 Å². The van der Waals surface area contributed by atoms with Gasteiger partial charge in [0, 0.05) is 5.56 Å². The average Bonchev–Trinajstić information content (AvgIpc) is 2.93. The van der Waals surface area contributed by atoms with Crippen LogP contribution >= 0.6 is 0 Å². The molecule has 2 aromatic rings. The van der Waals surface area contributed by atoms with Gasteiger partial charge in [0.2, 0.25) is 5.78 Å². The average molecular weight is 244 g/mol. The summed E-state index contributed by atoms with van der Waals surface area (Å²) in [4.78, 5) is 11.9. The molecule has 0 amide bonds. The molecular weight excluding hydrogens is 228 g/mol. The minimum absolute atomic E-state index is 0.111. The van der Waals surface area contributed by atoms with Gasteiger partial charge >= 0.3 is 0 Å². The van der Waals surface area contributed by atoms with Gasteiger partial charge in [0.05, 0.1) is 12.9 Å². The maximum Gasteiger partial charge on any atom is 0.228 e. The number of hydrogen-bond donors (Lipinski definition) is 0. The van der Waals surface area contributed by atoms with E-state index in [4.69, 9.17) is 9.15 Å². The summed E-state index contributed by atoms with van der Waals surface area (Å²) in [5.74, 6) is 1.04. The van der Waals surface area contributed by atoms with Crippen LogP contribution < -0.4 is 4.74 Å². The van der Waals surface area contributed by atoms with E-state index in [1.54, 1.807) is 24.3 Å². The van der Waals surface area contributed by atoms with E-state index in [1.165, 1.54) is 6.26 Å². The van der Waals surface area contributed by atoms with Crippen LogP contribution in [0.1, 0.15) is 35.9 Å². The molecule has 2 rings (SSSR count). The first-order chi connectivity index (χ1) is 8.81.